The highest BCUT2D eigenvalue weighted by Crippen LogP contribution is 2.26. The zero-order chi connectivity index (χ0) is 14.4. The molecule has 0 atom stereocenters. The second-order valence-corrected chi connectivity index (χ2v) is 5.74. The SMILES string of the molecule is N/C(=N/O)c1ccc(OCCN2CCCCC2)c(Br)c1. The summed E-state index contributed by atoms with van der Waals surface area (Å²) in [5, 5.41) is 11.6. The van der Waals surface area contributed by atoms with E-state index in [4.69, 9.17) is 15.7 Å². The summed E-state index contributed by atoms with van der Waals surface area (Å²) in [4.78, 5) is 2.43. The van der Waals surface area contributed by atoms with E-state index in [0.29, 0.717) is 12.2 Å². The van der Waals surface area contributed by atoms with Gasteiger partial charge >= 0.3 is 0 Å². The molecule has 1 aromatic rings. The standard InChI is InChI=1S/C14H20BrN3O2/c15-12-10-11(14(16)17-19)4-5-13(12)20-9-8-18-6-2-1-3-7-18/h4-5,10,19H,1-3,6-9H2,(H2,16,17). The number of ether oxygens (including phenoxy) is 1. The summed E-state index contributed by atoms with van der Waals surface area (Å²) < 4.78 is 6.58. The number of benzene rings is 1. The predicted octanol–water partition coefficient (Wildman–Crippen LogP) is 2.41. The molecule has 0 unspecified atom stereocenters. The highest BCUT2D eigenvalue weighted by atomic mass is 79.9. The molecule has 0 bridgehead atoms. The van der Waals surface area contributed by atoms with Gasteiger partial charge in [-0.05, 0) is 60.1 Å². The number of piperidine rings is 1. The molecule has 1 aromatic carbocycles. The topological polar surface area (TPSA) is 71.1 Å². The molecule has 0 radical (unpaired) electrons. The molecule has 1 saturated heterocycles. The molecule has 20 heavy (non-hydrogen) atoms. The lowest BCUT2D eigenvalue weighted by atomic mass is 10.1. The molecular formula is C14H20BrN3O2. The van der Waals surface area contributed by atoms with Gasteiger partial charge in [0.2, 0.25) is 0 Å². The number of hydrogen-bond acceptors (Lipinski definition) is 4. The zero-order valence-electron chi connectivity index (χ0n) is 11.4. The minimum absolute atomic E-state index is 0.0885. The molecule has 1 aliphatic rings. The minimum Gasteiger partial charge on any atom is -0.491 e. The lowest BCUT2D eigenvalue weighted by molar-refractivity contribution is 0.183. The molecule has 1 aliphatic heterocycles. The minimum atomic E-state index is 0.0885. The third kappa shape index (κ3) is 4.11. The van der Waals surface area contributed by atoms with Crippen molar-refractivity contribution in [2.75, 3.05) is 26.2 Å². The van der Waals surface area contributed by atoms with Crippen LogP contribution in [0.2, 0.25) is 0 Å². The Morgan fingerprint density at radius 2 is 2.10 bits per heavy atom. The summed E-state index contributed by atoms with van der Waals surface area (Å²) in [5.74, 6) is 0.863. The van der Waals surface area contributed by atoms with E-state index >= 15 is 0 Å². The van der Waals surface area contributed by atoms with Gasteiger partial charge in [-0.15, -0.1) is 0 Å². The van der Waals surface area contributed by atoms with Crippen molar-refractivity contribution in [2.24, 2.45) is 10.9 Å². The van der Waals surface area contributed by atoms with Crippen LogP contribution in [-0.4, -0.2) is 42.2 Å². The first kappa shape index (κ1) is 15.1. The molecule has 0 aromatic heterocycles. The van der Waals surface area contributed by atoms with Gasteiger partial charge in [-0.2, -0.15) is 0 Å². The normalized spacial score (nSPS) is 17.1. The van der Waals surface area contributed by atoms with Gasteiger partial charge in [0.15, 0.2) is 5.84 Å². The fraction of sp³-hybridized carbons (Fsp3) is 0.500. The van der Waals surface area contributed by atoms with Crippen LogP contribution in [0.15, 0.2) is 27.8 Å². The van der Waals surface area contributed by atoms with E-state index in [2.05, 4.69) is 26.0 Å². The van der Waals surface area contributed by atoms with Gasteiger partial charge in [-0.25, -0.2) is 0 Å². The van der Waals surface area contributed by atoms with Crippen LogP contribution in [0.4, 0.5) is 0 Å². The Hall–Kier alpha value is -1.27. The third-order valence-corrected chi connectivity index (χ3v) is 4.07. The van der Waals surface area contributed by atoms with Crippen molar-refractivity contribution in [1.29, 1.82) is 0 Å². The molecule has 110 valence electrons. The summed E-state index contributed by atoms with van der Waals surface area (Å²) in [6.07, 6.45) is 3.93. The van der Waals surface area contributed by atoms with Gasteiger partial charge in [0.1, 0.15) is 12.4 Å². The third-order valence-electron chi connectivity index (χ3n) is 3.45. The second-order valence-electron chi connectivity index (χ2n) is 4.88. The summed E-state index contributed by atoms with van der Waals surface area (Å²) in [6, 6.07) is 5.38. The molecule has 3 N–H and O–H groups in total. The maximum atomic E-state index is 8.64. The van der Waals surface area contributed by atoms with E-state index in [1.165, 1.54) is 32.4 Å². The first-order chi connectivity index (χ1) is 9.70. The largest absolute Gasteiger partial charge is 0.491 e. The number of oxime groups is 1. The lowest BCUT2D eigenvalue weighted by Crippen LogP contribution is -2.33. The van der Waals surface area contributed by atoms with Gasteiger partial charge < -0.3 is 15.7 Å². The Labute approximate surface area is 127 Å². The molecule has 0 spiro atoms. The molecule has 1 heterocycles. The monoisotopic (exact) mass is 341 g/mol. The average molecular weight is 342 g/mol. The summed E-state index contributed by atoms with van der Waals surface area (Å²) in [7, 11) is 0. The Kier molecular flexibility index (Phi) is 5.67. The highest BCUT2D eigenvalue weighted by Gasteiger charge is 2.10. The molecule has 2 rings (SSSR count). The Morgan fingerprint density at radius 1 is 1.35 bits per heavy atom. The number of hydrogen-bond donors (Lipinski definition) is 2. The van der Waals surface area contributed by atoms with Crippen LogP contribution in [0.3, 0.4) is 0 Å². The van der Waals surface area contributed by atoms with E-state index in [0.717, 1.165) is 16.8 Å². The van der Waals surface area contributed by atoms with Gasteiger partial charge in [-0.1, -0.05) is 11.6 Å². The molecule has 0 saturated carbocycles. The van der Waals surface area contributed by atoms with Crippen LogP contribution < -0.4 is 10.5 Å². The summed E-state index contributed by atoms with van der Waals surface area (Å²) in [5.41, 5.74) is 6.20. The highest BCUT2D eigenvalue weighted by molar-refractivity contribution is 9.10. The van der Waals surface area contributed by atoms with Crippen LogP contribution in [-0.2, 0) is 0 Å². The van der Waals surface area contributed by atoms with Gasteiger partial charge in [0.25, 0.3) is 0 Å². The number of rotatable bonds is 5. The van der Waals surface area contributed by atoms with E-state index in [1.807, 2.05) is 6.07 Å². The summed E-state index contributed by atoms with van der Waals surface area (Å²) >= 11 is 3.44. The van der Waals surface area contributed by atoms with Crippen molar-refractivity contribution in [3.63, 3.8) is 0 Å². The van der Waals surface area contributed by atoms with Gasteiger partial charge in [-0.3, -0.25) is 4.90 Å². The predicted molar refractivity (Wildman–Crippen MR) is 82.4 cm³/mol. The average Bonchev–Trinajstić information content (AvgIpc) is 2.49. The number of nitrogens with zero attached hydrogens (tertiary/aromatic N) is 2. The molecule has 5 nitrogen and oxygen atoms in total. The van der Waals surface area contributed by atoms with Crippen molar-refractivity contribution in [3.8, 4) is 5.75 Å². The zero-order valence-corrected chi connectivity index (χ0v) is 13.0. The van der Waals surface area contributed by atoms with E-state index in [9.17, 15) is 0 Å². The number of nitrogens with two attached hydrogens (primary N) is 1. The van der Waals surface area contributed by atoms with E-state index in [-0.39, 0.29) is 5.84 Å². The van der Waals surface area contributed by atoms with Crippen molar-refractivity contribution in [1.82, 2.24) is 4.90 Å². The lowest BCUT2D eigenvalue weighted by Gasteiger charge is -2.26. The van der Waals surface area contributed by atoms with Crippen LogP contribution in [0.25, 0.3) is 0 Å². The number of amidine groups is 1. The number of likely N-dealkylation sites (tertiary alicyclic amines) is 1. The Balaban J connectivity index is 1.86. The first-order valence-corrected chi connectivity index (χ1v) is 7.62. The van der Waals surface area contributed by atoms with Crippen LogP contribution in [0.1, 0.15) is 24.8 Å². The van der Waals surface area contributed by atoms with E-state index < -0.39 is 0 Å². The van der Waals surface area contributed by atoms with E-state index in [1.54, 1.807) is 12.1 Å². The quantitative estimate of drug-likeness (QED) is 0.373. The molecule has 1 fully saturated rings. The number of halogens is 1. The fourth-order valence-electron chi connectivity index (χ4n) is 2.30. The van der Waals surface area contributed by atoms with Crippen molar-refractivity contribution in [3.05, 3.63) is 28.2 Å². The van der Waals surface area contributed by atoms with Crippen LogP contribution in [0, 0.1) is 0 Å². The smallest absolute Gasteiger partial charge is 0.170 e. The first-order valence-electron chi connectivity index (χ1n) is 6.83. The molecular weight excluding hydrogens is 322 g/mol. The van der Waals surface area contributed by atoms with Crippen molar-refractivity contribution in [2.45, 2.75) is 19.3 Å². The van der Waals surface area contributed by atoms with Crippen molar-refractivity contribution < 1.29 is 9.94 Å². The van der Waals surface area contributed by atoms with Gasteiger partial charge in [0, 0.05) is 12.1 Å². The summed E-state index contributed by atoms with van der Waals surface area (Å²) in [6.45, 7) is 3.97. The molecule has 6 heteroatoms. The Morgan fingerprint density at radius 3 is 2.75 bits per heavy atom. The second kappa shape index (κ2) is 7.50. The van der Waals surface area contributed by atoms with Crippen molar-refractivity contribution >= 4 is 21.8 Å². The maximum Gasteiger partial charge on any atom is 0.170 e. The fourth-order valence-corrected chi connectivity index (χ4v) is 2.80. The Bertz CT molecular complexity index is 473. The van der Waals surface area contributed by atoms with Gasteiger partial charge in [0.05, 0.1) is 4.47 Å². The maximum absolute atomic E-state index is 8.64. The molecule has 0 aliphatic carbocycles. The van der Waals surface area contributed by atoms with Crippen LogP contribution in [0.5, 0.6) is 5.75 Å². The van der Waals surface area contributed by atoms with Crippen LogP contribution >= 0.6 is 15.9 Å². The molecule has 0 amide bonds.